The Kier molecular flexibility index (Phi) is 5.17. The fraction of sp³-hybridized carbons (Fsp3) is 0.261. The van der Waals surface area contributed by atoms with E-state index in [-0.39, 0.29) is 0 Å². The Morgan fingerprint density at radius 2 is 1.61 bits per heavy atom. The van der Waals surface area contributed by atoms with E-state index in [0.717, 1.165) is 60.1 Å². The maximum Gasteiger partial charge on any atom is 0.161 e. The predicted octanol–water partition coefficient (Wildman–Crippen LogP) is 3.91. The van der Waals surface area contributed by atoms with Gasteiger partial charge in [-0.05, 0) is 53.4 Å². The van der Waals surface area contributed by atoms with E-state index in [2.05, 4.69) is 34.1 Å². The molecule has 0 amide bonds. The van der Waals surface area contributed by atoms with Crippen molar-refractivity contribution in [2.24, 2.45) is 0 Å². The third-order valence-corrected chi connectivity index (χ3v) is 5.25. The van der Waals surface area contributed by atoms with Crippen LogP contribution in [0.25, 0.3) is 11.1 Å². The minimum Gasteiger partial charge on any atom is -0.493 e. The summed E-state index contributed by atoms with van der Waals surface area (Å²) in [7, 11) is 3.36. The van der Waals surface area contributed by atoms with Gasteiger partial charge in [-0.3, -0.25) is 9.88 Å². The molecule has 5 nitrogen and oxygen atoms in total. The van der Waals surface area contributed by atoms with Crippen LogP contribution in [0.1, 0.15) is 16.8 Å². The molecule has 0 saturated heterocycles. The topological polar surface area (TPSA) is 60.6 Å². The highest BCUT2D eigenvalue weighted by Crippen LogP contribution is 2.33. The SMILES string of the molecule is COc1cc2c(cc1OC)CN(Cc1ccc(-c3ccc(N)cc3)cn1)CC2. The second-order valence-electron chi connectivity index (χ2n) is 7.10. The number of nitrogen functional groups attached to an aromatic ring is 1. The first-order valence-electron chi connectivity index (χ1n) is 9.43. The summed E-state index contributed by atoms with van der Waals surface area (Å²) in [6.45, 7) is 2.72. The third kappa shape index (κ3) is 3.80. The van der Waals surface area contributed by atoms with Gasteiger partial charge in [0.05, 0.1) is 19.9 Å². The van der Waals surface area contributed by atoms with Crippen LogP contribution < -0.4 is 15.2 Å². The maximum absolute atomic E-state index is 5.77. The predicted molar refractivity (Wildman–Crippen MR) is 111 cm³/mol. The molecule has 1 aromatic heterocycles. The van der Waals surface area contributed by atoms with Crippen molar-refractivity contribution in [3.05, 3.63) is 71.5 Å². The zero-order valence-corrected chi connectivity index (χ0v) is 16.3. The summed E-state index contributed by atoms with van der Waals surface area (Å²) < 4.78 is 10.9. The molecule has 2 N–H and O–H groups in total. The second kappa shape index (κ2) is 7.90. The van der Waals surface area contributed by atoms with Crippen molar-refractivity contribution < 1.29 is 9.47 Å². The van der Waals surface area contributed by atoms with E-state index in [1.807, 2.05) is 30.5 Å². The molecular formula is C23H25N3O2. The van der Waals surface area contributed by atoms with Crippen LogP contribution in [-0.2, 0) is 19.5 Å². The van der Waals surface area contributed by atoms with Gasteiger partial charge >= 0.3 is 0 Å². The molecular weight excluding hydrogens is 350 g/mol. The minimum atomic E-state index is 0.771. The van der Waals surface area contributed by atoms with Crippen LogP contribution in [0.5, 0.6) is 11.5 Å². The van der Waals surface area contributed by atoms with Gasteiger partial charge < -0.3 is 15.2 Å². The molecule has 3 aromatic rings. The Morgan fingerprint density at radius 1 is 0.929 bits per heavy atom. The molecule has 2 heterocycles. The molecule has 0 atom stereocenters. The van der Waals surface area contributed by atoms with E-state index < -0.39 is 0 Å². The number of hydrogen-bond donors (Lipinski definition) is 1. The van der Waals surface area contributed by atoms with Crippen LogP contribution in [0, 0.1) is 0 Å². The highest BCUT2D eigenvalue weighted by Gasteiger charge is 2.19. The molecule has 0 bridgehead atoms. The van der Waals surface area contributed by atoms with Crippen LogP contribution in [0.15, 0.2) is 54.7 Å². The average molecular weight is 375 g/mol. The van der Waals surface area contributed by atoms with E-state index in [1.165, 1.54) is 11.1 Å². The van der Waals surface area contributed by atoms with E-state index in [1.54, 1.807) is 14.2 Å². The van der Waals surface area contributed by atoms with E-state index in [0.29, 0.717) is 0 Å². The molecule has 2 aromatic carbocycles. The molecule has 0 saturated carbocycles. The number of ether oxygens (including phenoxy) is 2. The Bertz CT molecular complexity index is 953. The summed E-state index contributed by atoms with van der Waals surface area (Å²) in [5.74, 6) is 1.59. The molecule has 4 rings (SSSR count). The maximum atomic E-state index is 5.77. The van der Waals surface area contributed by atoms with Gasteiger partial charge in [-0.25, -0.2) is 0 Å². The van der Waals surface area contributed by atoms with Gasteiger partial charge in [0.1, 0.15) is 0 Å². The molecule has 28 heavy (non-hydrogen) atoms. The molecule has 0 aliphatic carbocycles. The number of nitrogens with zero attached hydrogens (tertiary/aromatic N) is 2. The highest BCUT2D eigenvalue weighted by molar-refractivity contribution is 5.64. The monoisotopic (exact) mass is 375 g/mol. The lowest BCUT2D eigenvalue weighted by Crippen LogP contribution is -2.30. The average Bonchev–Trinajstić information content (AvgIpc) is 2.74. The number of rotatable bonds is 5. The van der Waals surface area contributed by atoms with Crippen LogP contribution >= 0.6 is 0 Å². The number of pyridine rings is 1. The summed E-state index contributed by atoms with van der Waals surface area (Å²) in [6.07, 6.45) is 2.94. The van der Waals surface area contributed by atoms with Crippen molar-refractivity contribution in [3.8, 4) is 22.6 Å². The number of hydrogen-bond acceptors (Lipinski definition) is 5. The van der Waals surface area contributed by atoms with Gasteiger partial charge in [-0.2, -0.15) is 0 Å². The molecule has 144 valence electrons. The zero-order valence-electron chi connectivity index (χ0n) is 16.3. The Balaban J connectivity index is 1.46. The highest BCUT2D eigenvalue weighted by atomic mass is 16.5. The summed E-state index contributed by atoms with van der Waals surface area (Å²) in [6, 6.07) is 16.3. The lowest BCUT2D eigenvalue weighted by molar-refractivity contribution is 0.241. The minimum absolute atomic E-state index is 0.771. The second-order valence-corrected chi connectivity index (χ2v) is 7.10. The summed E-state index contributed by atoms with van der Waals surface area (Å²) in [5.41, 5.74) is 12.5. The first-order valence-corrected chi connectivity index (χ1v) is 9.43. The van der Waals surface area contributed by atoms with Crippen molar-refractivity contribution >= 4 is 5.69 Å². The van der Waals surface area contributed by atoms with E-state index in [9.17, 15) is 0 Å². The standard InChI is InChI=1S/C23H25N3O2/c1-27-22-11-17-9-10-26(14-19(17)12-23(22)28-2)15-21-8-5-18(13-25-21)16-3-6-20(24)7-4-16/h3-8,11-13H,9-10,14-15,24H2,1-2H3. The molecule has 1 aliphatic heterocycles. The molecule has 0 unspecified atom stereocenters. The quantitative estimate of drug-likeness (QED) is 0.685. The number of aromatic nitrogens is 1. The van der Waals surface area contributed by atoms with Gasteiger partial charge in [0, 0.05) is 37.1 Å². The van der Waals surface area contributed by atoms with Crippen LogP contribution in [0.2, 0.25) is 0 Å². The lowest BCUT2D eigenvalue weighted by Gasteiger charge is -2.29. The number of benzene rings is 2. The lowest BCUT2D eigenvalue weighted by atomic mass is 9.98. The first kappa shape index (κ1) is 18.3. The Labute approximate surface area is 165 Å². The van der Waals surface area contributed by atoms with Crippen molar-refractivity contribution in [1.82, 2.24) is 9.88 Å². The van der Waals surface area contributed by atoms with Gasteiger partial charge in [0.2, 0.25) is 0 Å². The van der Waals surface area contributed by atoms with Gasteiger partial charge in [-0.15, -0.1) is 0 Å². The van der Waals surface area contributed by atoms with E-state index >= 15 is 0 Å². The molecule has 0 radical (unpaired) electrons. The summed E-state index contributed by atoms with van der Waals surface area (Å²) >= 11 is 0. The number of anilines is 1. The van der Waals surface area contributed by atoms with Crippen molar-refractivity contribution in [2.45, 2.75) is 19.5 Å². The molecule has 1 aliphatic rings. The summed E-state index contributed by atoms with van der Waals surface area (Å²) in [5, 5.41) is 0. The fourth-order valence-electron chi connectivity index (χ4n) is 3.67. The molecule has 5 heteroatoms. The van der Waals surface area contributed by atoms with Gasteiger partial charge in [0.15, 0.2) is 11.5 Å². The fourth-order valence-corrected chi connectivity index (χ4v) is 3.67. The number of nitrogens with two attached hydrogens (primary N) is 1. The third-order valence-electron chi connectivity index (χ3n) is 5.25. The Morgan fingerprint density at radius 3 is 2.25 bits per heavy atom. The smallest absolute Gasteiger partial charge is 0.161 e. The molecule has 0 fully saturated rings. The van der Waals surface area contributed by atoms with Crippen molar-refractivity contribution in [2.75, 3.05) is 26.5 Å². The van der Waals surface area contributed by atoms with Gasteiger partial charge in [-0.1, -0.05) is 18.2 Å². The largest absolute Gasteiger partial charge is 0.493 e. The van der Waals surface area contributed by atoms with E-state index in [4.69, 9.17) is 15.2 Å². The molecule has 0 spiro atoms. The van der Waals surface area contributed by atoms with Crippen LogP contribution in [-0.4, -0.2) is 30.6 Å². The van der Waals surface area contributed by atoms with Crippen molar-refractivity contribution in [3.63, 3.8) is 0 Å². The van der Waals surface area contributed by atoms with Gasteiger partial charge in [0.25, 0.3) is 0 Å². The van der Waals surface area contributed by atoms with Crippen LogP contribution in [0.3, 0.4) is 0 Å². The first-order chi connectivity index (χ1) is 13.7. The van der Waals surface area contributed by atoms with Crippen LogP contribution in [0.4, 0.5) is 5.69 Å². The number of methoxy groups -OCH3 is 2. The Hall–Kier alpha value is -3.05. The zero-order chi connectivity index (χ0) is 19.5. The normalized spacial score (nSPS) is 13.8. The van der Waals surface area contributed by atoms with Crippen molar-refractivity contribution in [1.29, 1.82) is 0 Å². The summed E-state index contributed by atoms with van der Waals surface area (Å²) in [4.78, 5) is 7.09. The number of fused-ring (bicyclic) bond motifs is 1.